The van der Waals surface area contributed by atoms with Crippen LogP contribution in [0, 0.1) is 17.0 Å². The minimum Gasteiger partial charge on any atom is -0.496 e. The first-order chi connectivity index (χ1) is 15.3. The Morgan fingerprint density at radius 1 is 1.31 bits per heavy atom. The van der Waals surface area contributed by atoms with Crippen molar-refractivity contribution in [1.82, 2.24) is 24.9 Å². The third-order valence-corrected chi connectivity index (χ3v) is 5.15. The van der Waals surface area contributed by atoms with Crippen LogP contribution in [-0.2, 0) is 18.4 Å². The lowest BCUT2D eigenvalue weighted by atomic mass is 10.1. The molecule has 0 atom stereocenters. The van der Waals surface area contributed by atoms with E-state index in [1.807, 2.05) is 13.0 Å². The Bertz CT molecular complexity index is 1280. The van der Waals surface area contributed by atoms with E-state index in [4.69, 9.17) is 17.0 Å². The van der Waals surface area contributed by atoms with Crippen molar-refractivity contribution in [3.05, 3.63) is 69.3 Å². The maximum absolute atomic E-state index is 13.0. The van der Waals surface area contributed by atoms with Gasteiger partial charge in [0.05, 0.1) is 42.4 Å². The molecule has 0 radical (unpaired) electrons. The van der Waals surface area contributed by atoms with Crippen LogP contribution in [0.3, 0.4) is 0 Å². The van der Waals surface area contributed by atoms with Crippen LogP contribution in [0.5, 0.6) is 5.75 Å². The second kappa shape index (κ2) is 8.23. The minimum atomic E-state index is -0.551. The first-order valence-corrected chi connectivity index (χ1v) is 9.90. The van der Waals surface area contributed by atoms with Crippen molar-refractivity contribution in [2.45, 2.75) is 13.5 Å². The third-order valence-electron chi connectivity index (χ3n) is 4.87. The summed E-state index contributed by atoms with van der Waals surface area (Å²) in [6, 6.07) is 6.72. The molecule has 1 aliphatic heterocycles. The van der Waals surface area contributed by atoms with Gasteiger partial charge in [0.2, 0.25) is 0 Å². The van der Waals surface area contributed by atoms with Crippen molar-refractivity contribution in [2.75, 3.05) is 12.0 Å². The summed E-state index contributed by atoms with van der Waals surface area (Å²) in [5.74, 6) is 0.0765. The summed E-state index contributed by atoms with van der Waals surface area (Å²) in [6.07, 6.45) is 4.95. The zero-order valence-electron chi connectivity index (χ0n) is 17.5. The first kappa shape index (κ1) is 21.2. The largest absolute Gasteiger partial charge is 0.496 e. The Morgan fingerprint density at radius 3 is 2.72 bits per heavy atom. The molecule has 32 heavy (non-hydrogen) atoms. The number of nitrogens with zero attached hydrogens (tertiary/aromatic N) is 6. The summed E-state index contributed by atoms with van der Waals surface area (Å²) in [6.45, 7) is 2.07. The van der Waals surface area contributed by atoms with E-state index in [-0.39, 0.29) is 23.4 Å². The zero-order valence-corrected chi connectivity index (χ0v) is 18.3. The number of methoxy groups -OCH3 is 1. The Kier molecular flexibility index (Phi) is 5.45. The summed E-state index contributed by atoms with van der Waals surface area (Å²) in [7, 11) is 3.31. The van der Waals surface area contributed by atoms with Gasteiger partial charge in [0, 0.05) is 18.8 Å². The quantitative estimate of drug-likeness (QED) is 0.261. The average Bonchev–Trinajstić information content (AvgIpc) is 3.40. The molecule has 0 aliphatic carbocycles. The van der Waals surface area contributed by atoms with E-state index in [0.29, 0.717) is 22.8 Å². The van der Waals surface area contributed by atoms with E-state index >= 15 is 0 Å². The van der Waals surface area contributed by atoms with Gasteiger partial charge in [0.15, 0.2) is 5.11 Å². The molecule has 11 nitrogen and oxygen atoms in total. The van der Waals surface area contributed by atoms with Crippen molar-refractivity contribution < 1.29 is 14.5 Å². The molecule has 2 aromatic heterocycles. The molecule has 1 aromatic carbocycles. The highest BCUT2D eigenvalue weighted by molar-refractivity contribution is 7.80. The molecule has 3 heterocycles. The number of anilines is 1. The van der Waals surface area contributed by atoms with Gasteiger partial charge in [0.25, 0.3) is 5.91 Å². The average molecular weight is 453 g/mol. The second-order valence-corrected chi connectivity index (χ2v) is 7.49. The molecule has 3 aromatic rings. The number of nitro groups is 1. The number of carbonyl (C=O) groups is 1. The van der Waals surface area contributed by atoms with Crippen molar-refractivity contribution in [2.24, 2.45) is 7.05 Å². The molecule has 1 saturated heterocycles. The standard InChI is InChI=1S/C20H19N7O4S/c1-12-16(11-24(2)22-12)26-19(28)15(21-20(26)32)9-13-4-5-17(31-3)14(8-13)10-25-7-6-18(23-25)27(29)30/h4-9,11H,10H2,1-3H3,(H,21,32)/b15-9+. The number of benzene rings is 1. The Labute approximate surface area is 188 Å². The smallest absolute Gasteiger partial charge is 0.389 e. The van der Waals surface area contributed by atoms with Crippen LogP contribution in [0.15, 0.2) is 42.4 Å². The number of carbonyl (C=O) groups excluding carboxylic acids is 1. The lowest BCUT2D eigenvalue weighted by Gasteiger charge is -2.12. The Morgan fingerprint density at radius 2 is 2.09 bits per heavy atom. The Balaban J connectivity index is 1.63. The molecule has 164 valence electrons. The molecule has 0 spiro atoms. The fourth-order valence-electron chi connectivity index (χ4n) is 3.45. The number of nitrogens with one attached hydrogen (secondary N) is 1. The lowest BCUT2D eigenvalue weighted by Crippen LogP contribution is -2.30. The molecule has 1 fully saturated rings. The minimum absolute atomic E-state index is 0.234. The molecule has 0 saturated carbocycles. The molecule has 1 N–H and O–H groups in total. The van der Waals surface area contributed by atoms with Gasteiger partial charge in [-0.25, -0.2) is 4.90 Å². The highest BCUT2D eigenvalue weighted by Crippen LogP contribution is 2.27. The van der Waals surface area contributed by atoms with Crippen LogP contribution < -0.4 is 15.0 Å². The number of aromatic nitrogens is 4. The fraction of sp³-hybridized carbons (Fsp3) is 0.200. The first-order valence-electron chi connectivity index (χ1n) is 9.49. The second-order valence-electron chi connectivity index (χ2n) is 7.10. The predicted octanol–water partition coefficient (Wildman–Crippen LogP) is 2.15. The SMILES string of the molecule is COc1ccc(/C=C2/NC(=S)N(c3cn(C)nc3C)C2=O)cc1Cn1ccc([N+](=O)[O-])n1. The summed E-state index contributed by atoms with van der Waals surface area (Å²) in [5.41, 5.74) is 3.10. The maximum atomic E-state index is 13.0. The van der Waals surface area contributed by atoms with E-state index in [0.717, 1.165) is 11.1 Å². The van der Waals surface area contributed by atoms with Gasteiger partial charge in [-0.05, 0) is 47.8 Å². The number of aryl methyl sites for hydroxylation is 2. The topological polar surface area (TPSA) is 120 Å². The van der Waals surface area contributed by atoms with Gasteiger partial charge in [-0.2, -0.15) is 9.78 Å². The van der Waals surface area contributed by atoms with Crippen LogP contribution in [0.25, 0.3) is 6.08 Å². The van der Waals surface area contributed by atoms with Crippen LogP contribution in [-0.4, -0.2) is 42.6 Å². The molecule has 4 rings (SSSR count). The molecule has 0 unspecified atom stereocenters. The molecule has 0 bridgehead atoms. The van der Waals surface area contributed by atoms with Gasteiger partial charge in [0.1, 0.15) is 11.4 Å². The number of ether oxygens (including phenoxy) is 1. The number of rotatable bonds is 6. The maximum Gasteiger partial charge on any atom is 0.389 e. The number of hydrogen-bond donors (Lipinski definition) is 1. The summed E-state index contributed by atoms with van der Waals surface area (Å²) >= 11 is 5.37. The van der Waals surface area contributed by atoms with Crippen LogP contribution >= 0.6 is 12.2 Å². The molecule has 1 aliphatic rings. The normalized spacial score (nSPS) is 14.8. The monoisotopic (exact) mass is 453 g/mol. The summed E-state index contributed by atoms with van der Waals surface area (Å²) in [5, 5.41) is 22.3. The molecular formula is C20H19N7O4S. The van der Waals surface area contributed by atoms with Gasteiger partial charge < -0.3 is 20.2 Å². The number of hydrogen-bond acceptors (Lipinski definition) is 7. The van der Waals surface area contributed by atoms with E-state index in [9.17, 15) is 14.9 Å². The van der Waals surface area contributed by atoms with Crippen molar-refractivity contribution in [1.29, 1.82) is 0 Å². The summed E-state index contributed by atoms with van der Waals surface area (Å²) in [4.78, 5) is 24.8. The number of amides is 1. The predicted molar refractivity (Wildman–Crippen MR) is 120 cm³/mol. The fourth-order valence-corrected chi connectivity index (χ4v) is 3.74. The van der Waals surface area contributed by atoms with E-state index in [1.165, 1.54) is 29.0 Å². The molecule has 1 amide bonds. The van der Waals surface area contributed by atoms with Crippen LogP contribution in [0.4, 0.5) is 11.5 Å². The van der Waals surface area contributed by atoms with Crippen molar-refractivity contribution >= 4 is 40.8 Å². The van der Waals surface area contributed by atoms with E-state index < -0.39 is 4.92 Å². The highest BCUT2D eigenvalue weighted by Gasteiger charge is 2.34. The highest BCUT2D eigenvalue weighted by atomic mass is 32.1. The van der Waals surface area contributed by atoms with E-state index in [1.54, 1.807) is 36.1 Å². The van der Waals surface area contributed by atoms with Crippen molar-refractivity contribution in [3.8, 4) is 5.75 Å². The Hall–Kier alpha value is -4.06. The van der Waals surface area contributed by atoms with Gasteiger partial charge in [-0.15, -0.1) is 0 Å². The lowest BCUT2D eigenvalue weighted by molar-refractivity contribution is -0.389. The van der Waals surface area contributed by atoms with Crippen molar-refractivity contribution in [3.63, 3.8) is 0 Å². The number of thiocarbonyl (C=S) groups is 1. The van der Waals surface area contributed by atoms with Gasteiger partial charge in [-0.1, -0.05) is 6.07 Å². The third kappa shape index (κ3) is 3.95. The van der Waals surface area contributed by atoms with Gasteiger partial charge >= 0.3 is 5.82 Å². The van der Waals surface area contributed by atoms with Gasteiger partial charge in [-0.3, -0.25) is 9.48 Å². The van der Waals surface area contributed by atoms with Crippen LogP contribution in [0.2, 0.25) is 0 Å². The van der Waals surface area contributed by atoms with E-state index in [2.05, 4.69) is 15.5 Å². The summed E-state index contributed by atoms with van der Waals surface area (Å²) < 4.78 is 8.48. The molecular weight excluding hydrogens is 434 g/mol. The van der Waals surface area contributed by atoms with Crippen LogP contribution in [0.1, 0.15) is 16.8 Å². The molecule has 12 heteroatoms. The zero-order chi connectivity index (χ0) is 23.0.